The molecule has 19 heavy (non-hydrogen) atoms. The summed E-state index contributed by atoms with van der Waals surface area (Å²) in [6, 6.07) is 4.55. The quantitative estimate of drug-likeness (QED) is 0.843. The van der Waals surface area contributed by atoms with Crippen LogP contribution in [0, 0.1) is 0 Å². The molecule has 0 heterocycles. The van der Waals surface area contributed by atoms with Crippen LogP contribution < -0.4 is 10.1 Å². The van der Waals surface area contributed by atoms with Crippen molar-refractivity contribution in [2.45, 2.75) is 32.0 Å². The van der Waals surface area contributed by atoms with Crippen molar-refractivity contribution in [3.8, 4) is 5.75 Å². The van der Waals surface area contributed by atoms with E-state index in [4.69, 9.17) is 16.3 Å². The fourth-order valence-corrected chi connectivity index (χ4v) is 2.06. The summed E-state index contributed by atoms with van der Waals surface area (Å²) in [6.45, 7) is 2.43. The number of alkyl halides is 3. The van der Waals surface area contributed by atoms with Gasteiger partial charge in [-0.3, -0.25) is 0 Å². The first kappa shape index (κ1) is 16.1. The van der Waals surface area contributed by atoms with Crippen molar-refractivity contribution in [3.63, 3.8) is 0 Å². The van der Waals surface area contributed by atoms with Gasteiger partial charge < -0.3 is 10.1 Å². The number of ether oxygens (including phenoxy) is 1. The number of nitrogens with one attached hydrogen (secondary N) is 1. The van der Waals surface area contributed by atoms with Crippen molar-refractivity contribution < 1.29 is 17.9 Å². The Morgan fingerprint density at radius 2 is 2.05 bits per heavy atom. The van der Waals surface area contributed by atoms with Gasteiger partial charge >= 0.3 is 6.18 Å². The molecule has 0 aliphatic rings. The van der Waals surface area contributed by atoms with E-state index in [9.17, 15) is 13.2 Å². The van der Waals surface area contributed by atoms with E-state index in [1.165, 1.54) is 7.11 Å². The Labute approximate surface area is 115 Å². The summed E-state index contributed by atoms with van der Waals surface area (Å²) >= 11 is 5.85. The lowest BCUT2D eigenvalue weighted by Gasteiger charge is -2.21. The van der Waals surface area contributed by atoms with Gasteiger partial charge in [0.15, 0.2) is 0 Å². The van der Waals surface area contributed by atoms with Crippen molar-refractivity contribution in [2.75, 3.05) is 13.7 Å². The fourth-order valence-electron chi connectivity index (χ4n) is 1.89. The number of hydrogen-bond acceptors (Lipinski definition) is 2. The third-order valence-electron chi connectivity index (χ3n) is 2.74. The van der Waals surface area contributed by atoms with E-state index < -0.39 is 18.6 Å². The predicted molar refractivity (Wildman–Crippen MR) is 69.7 cm³/mol. The molecule has 1 atom stereocenters. The second-order valence-corrected chi connectivity index (χ2v) is 4.59. The summed E-state index contributed by atoms with van der Waals surface area (Å²) in [5.74, 6) is 0.501. The van der Waals surface area contributed by atoms with Gasteiger partial charge in [-0.1, -0.05) is 24.6 Å². The number of halogens is 4. The molecule has 0 radical (unpaired) electrons. The molecular formula is C13H17ClF3NO. The van der Waals surface area contributed by atoms with Gasteiger partial charge in [0, 0.05) is 23.0 Å². The molecule has 0 aliphatic heterocycles. The molecule has 0 bridgehead atoms. The van der Waals surface area contributed by atoms with Crippen molar-refractivity contribution in [1.29, 1.82) is 0 Å². The summed E-state index contributed by atoms with van der Waals surface area (Å²) in [4.78, 5) is 0. The van der Waals surface area contributed by atoms with E-state index in [-0.39, 0.29) is 6.42 Å². The minimum absolute atomic E-state index is 0.0324. The van der Waals surface area contributed by atoms with Gasteiger partial charge in [-0.05, 0) is 25.1 Å². The minimum atomic E-state index is -4.16. The zero-order valence-corrected chi connectivity index (χ0v) is 11.6. The molecule has 0 aromatic heterocycles. The summed E-state index contributed by atoms with van der Waals surface area (Å²) in [6.07, 6.45) is -5.03. The maximum absolute atomic E-state index is 12.3. The van der Waals surface area contributed by atoms with E-state index in [0.717, 1.165) is 0 Å². The summed E-state index contributed by atoms with van der Waals surface area (Å²) in [5, 5.41) is 3.53. The molecule has 1 aromatic carbocycles. The lowest BCUT2D eigenvalue weighted by atomic mass is 10.0. The van der Waals surface area contributed by atoms with Crippen LogP contribution in [-0.2, 0) is 0 Å². The van der Waals surface area contributed by atoms with Crippen LogP contribution in [0.2, 0.25) is 5.02 Å². The first-order valence-corrected chi connectivity index (χ1v) is 6.38. The summed E-state index contributed by atoms with van der Waals surface area (Å²) in [7, 11) is 1.47. The normalized spacial score (nSPS) is 13.4. The average molecular weight is 296 g/mol. The SMILES string of the molecule is CCNC(CCC(F)(F)F)c1ccc(Cl)cc1OC. The predicted octanol–water partition coefficient (Wildman–Crippen LogP) is 4.34. The topological polar surface area (TPSA) is 21.3 Å². The zero-order valence-electron chi connectivity index (χ0n) is 10.9. The summed E-state index contributed by atoms with van der Waals surface area (Å²) in [5.41, 5.74) is 0.693. The second-order valence-electron chi connectivity index (χ2n) is 4.15. The molecule has 108 valence electrons. The van der Waals surface area contributed by atoms with Gasteiger partial charge in [0.1, 0.15) is 5.75 Å². The number of methoxy groups -OCH3 is 1. The highest BCUT2D eigenvalue weighted by molar-refractivity contribution is 6.30. The Hall–Kier alpha value is -0.940. The minimum Gasteiger partial charge on any atom is -0.496 e. The van der Waals surface area contributed by atoms with Crippen LogP contribution in [0.15, 0.2) is 18.2 Å². The van der Waals surface area contributed by atoms with Crippen LogP contribution in [0.1, 0.15) is 31.4 Å². The molecule has 0 saturated heterocycles. The van der Waals surface area contributed by atoms with Gasteiger partial charge in [-0.15, -0.1) is 0 Å². The molecule has 2 nitrogen and oxygen atoms in total. The Kier molecular flexibility index (Phi) is 5.94. The number of benzene rings is 1. The van der Waals surface area contributed by atoms with E-state index in [2.05, 4.69) is 5.32 Å². The van der Waals surface area contributed by atoms with Crippen molar-refractivity contribution in [1.82, 2.24) is 5.32 Å². The van der Waals surface area contributed by atoms with Crippen LogP contribution >= 0.6 is 11.6 Å². The maximum atomic E-state index is 12.3. The first-order valence-electron chi connectivity index (χ1n) is 6.01. The molecular weight excluding hydrogens is 279 g/mol. The van der Waals surface area contributed by atoms with Crippen molar-refractivity contribution in [3.05, 3.63) is 28.8 Å². The number of rotatable bonds is 6. The second kappa shape index (κ2) is 7.01. The Bertz CT molecular complexity index is 409. The largest absolute Gasteiger partial charge is 0.496 e. The molecule has 0 saturated carbocycles. The highest BCUT2D eigenvalue weighted by Crippen LogP contribution is 2.33. The van der Waals surface area contributed by atoms with E-state index in [0.29, 0.717) is 22.9 Å². The molecule has 6 heteroatoms. The smallest absolute Gasteiger partial charge is 0.389 e. The molecule has 0 aliphatic carbocycles. The monoisotopic (exact) mass is 295 g/mol. The molecule has 0 fully saturated rings. The molecule has 1 rings (SSSR count). The van der Waals surface area contributed by atoms with E-state index >= 15 is 0 Å². The third-order valence-corrected chi connectivity index (χ3v) is 2.97. The molecule has 1 unspecified atom stereocenters. The zero-order chi connectivity index (χ0) is 14.5. The molecule has 1 N–H and O–H groups in total. The number of hydrogen-bond donors (Lipinski definition) is 1. The lowest BCUT2D eigenvalue weighted by molar-refractivity contribution is -0.136. The third kappa shape index (κ3) is 5.28. The van der Waals surface area contributed by atoms with Crippen LogP contribution in [0.3, 0.4) is 0 Å². The Balaban J connectivity index is 2.91. The highest BCUT2D eigenvalue weighted by atomic mass is 35.5. The first-order chi connectivity index (χ1) is 8.87. The van der Waals surface area contributed by atoms with Crippen LogP contribution in [0.25, 0.3) is 0 Å². The van der Waals surface area contributed by atoms with Crippen molar-refractivity contribution in [2.24, 2.45) is 0 Å². The van der Waals surface area contributed by atoms with Gasteiger partial charge in [0.25, 0.3) is 0 Å². The average Bonchev–Trinajstić information content (AvgIpc) is 2.33. The maximum Gasteiger partial charge on any atom is 0.389 e. The fraction of sp³-hybridized carbons (Fsp3) is 0.538. The molecule has 1 aromatic rings. The van der Waals surface area contributed by atoms with E-state index in [1.807, 2.05) is 6.92 Å². The molecule has 0 spiro atoms. The standard InChI is InChI=1S/C13H17ClF3NO/c1-3-18-11(6-7-13(15,16)17)10-5-4-9(14)8-12(10)19-2/h4-5,8,11,18H,3,6-7H2,1-2H3. The van der Waals surface area contributed by atoms with E-state index in [1.54, 1.807) is 18.2 Å². The Morgan fingerprint density at radius 1 is 1.37 bits per heavy atom. The van der Waals surface area contributed by atoms with Gasteiger partial charge in [0.2, 0.25) is 0 Å². The van der Waals surface area contributed by atoms with Crippen LogP contribution in [0.5, 0.6) is 5.75 Å². The molecule has 0 amide bonds. The summed E-state index contributed by atoms with van der Waals surface area (Å²) < 4.78 is 42.2. The van der Waals surface area contributed by atoms with Crippen molar-refractivity contribution >= 4 is 11.6 Å². The van der Waals surface area contributed by atoms with Gasteiger partial charge in [-0.2, -0.15) is 13.2 Å². The van der Waals surface area contributed by atoms with Gasteiger partial charge in [0.05, 0.1) is 7.11 Å². The van der Waals surface area contributed by atoms with Crippen LogP contribution in [-0.4, -0.2) is 19.8 Å². The highest BCUT2D eigenvalue weighted by Gasteiger charge is 2.29. The lowest BCUT2D eigenvalue weighted by Crippen LogP contribution is -2.23. The Morgan fingerprint density at radius 3 is 2.58 bits per heavy atom. The van der Waals surface area contributed by atoms with Gasteiger partial charge in [-0.25, -0.2) is 0 Å². The van der Waals surface area contributed by atoms with Crippen LogP contribution in [0.4, 0.5) is 13.2 Å².